The number of nitriles is 1. The molecule has 2 aliphatic rings. The molecule has 2 aliphatic heterocycles. The Balaban J connectivity index is 1.26. The lowest BCUT2D eigenvalue weighted by atomic mass is 10.1. The van der Waals surface area contributed by atoms with Crippen LogP contribution in [0.1, 0.15) is 24.5 Å². The highest BCUT2D eigenvalue weighted by atomic mass is 32.2. The molecule has 2 unspecified atom stereocenters. The Labute approximate surface area is 184 Å². The number of nitrogens with zero attached hydrogens (tertiary/aromatic N) is 2. The normalized spacial score (nSPS) is 22.1. The Morgan fingerprint density at radius 2 is 1.97 bits per heavy atom. The molecule has 7 heteroatoms. The van der Waals surface area contributed by atoms with Crippen molar-refractivity contribution in [1.29, 1.82) is 5.26 Å². The lowest BCUT2D eigenvalue weighted by Crippen LogP contribution is -2.51. The van der Waals surface area contributed by atoms with Crippen LogP contribution in [0.15, 0.2) is 53.4 Å². The van der Waals surface area contributed by atoms with Crippen LogP contribution in [-0.2, 0) is 16.3 Å². The third kappa shape index (κ3) is 5.09. The van der Waals surface area contributed by atoms with Crippen molar-refractivity contribution in [3.8, 4) is 11.8 Å². The molecular formula is C24H29N3O3S. The standard InChI is InChI=1S/C24H29N3O3S/c1-18-11-21(16-27(18)10-9-19-3-2-4-20(12-19)13-25)17-30-22-5-7-23(8-6-22)31(28,29)24-14-26-15-24/h2-8,12,18,21,24,26H,9-11,14-17H2,1H3. The smallest absolute Gasteiger partial charge is 0.183 e. The zero-order valence-electron chi connectivity index (χ0n) is 17.8. The average molecular weight is 440 g/mol. The van der Waals surface area contributed by atoms with E-state index >= 15 is 0 Å². The van der Waals surface area contributed by atoms with Crippen LogP contribution in [0.3, 0.4) is 0 Å². The molecular weight excluding hydrogens is 410 g/mol. The summed E-state index contributed by atoms with van der Waals surface area (Å²) in [7, 11) is -3.24. The van der Waals surface area contributed by atoms with Crippen LogP contribution in [0.4, 0.5) is 0 Å². The van der Waals surface area contributed by atoms with Gasteiger partial charge >= 0.3 is 0 Å². The van der Waals surface area contributed by atoms with E-state index in [1.165, 1.54) is 5.56 Å². The van der Waals surface area contributed by atoms with Crippen LogP contribution in [-0.4, -0.2) is 57.4 Å². The number of likely N-dealkylation sites (tertiary alicyclic amines) is 1. The zero-order valence-corrected chi connectivity index (χ0v) is 18.6. The van der Waals surface area contributed by atoms with Gasteiger partial charge in [0, 0.05) is 38.1 Å². The van der Waals surface area contributed by atoms with Crippen molar-refractivity contribution in [2.24, 2.45) is 5.92 Å². The summed E-state index contributed by atoms with van der Waals surface area (Å²) in [6, 6.07) is 17.3. The van der Waals surface area contributed by atoms with Crippen LogP contribution in [0.2, 0.25) is 0 Å². The summed E-state index contributed by atoms with van der Waals surface area (Å²) in [5, 5.41) is 11.8. The minimum Gasteiger partial charge on any atom is -0.493 e. The number of rotatable bonds is 8. The lowest BCUT2D eigenvalue weighted by molar-refractivity contribution is 0.234. The van der Waals surface area contributed by atoms with E-state index in [1.54, 1.807) is 24.3 Å². The second kappa shape index (κ2) is 9.39. The van der Waals surface area contributed by atoms with E-state index in [0.717, 1.165) is 25.9 Å². The Morgan fingerprint density at radius 3 is 2.65 bits per heavy atom. The zero-order chi connectivity index (χ0) is 21.8. The molecule has 2 heterocycles. The van der Waals surface area contributed by atoms with E-state index in [9.17, 15) is 8.42 Å². The Morgan fingerprint density at radius 1 is 1.19 bits per heavy atom. The monoisotopic (exact) mass is 439 g/mol. The molecule has 0 spiro atoms. The molecule has 0 bridgehead atoms. The van der Waals surface area contributed by atoms with Gasteiger partial charge in [0.25, 0.3) is 0 Å². The number of hydrogen-bond donors (Lipinski definition) is 1. The van der Waals surface area contributed by atoms with Gasteiger partial charge in [0.1, 0.15) is 5.75 Å². The van der Waals surface area contributed by atoms with Gasteiger partial charge in [-0.15, -0.1) is 0 Å². The highest BCUT2D eigenvalue weighted by molar-refractivity contribution is 7.92. The summed E-state index contributed by atoms with van der Waals surface area (Å²) in [6.07, 6.45) is 2.01. The molecule has 0 aromatic heterocycles. The van der Waals surface area contributed by atoms with E-state index < -0.39 is 9.84 Å². The van der Waals surface area contributed by atoms with Gasteiger partial charge in [-0.3, -0.25) is 4.90 Å². The first-order valence-electron chi connectivity index (χ1n) is 10.9. The molecule has 2 saturated heterocycles. The fourth-order valence-electron chi connectivity index (χ4n) is 4.33. The molecule has 0 amide bonds. The third-order valence-electron chi connectivity index (χ3n) is 6.36. The van der Waals surface area contributed by atoms with Crippen molar-refractivity contribution in [1.82, 2.24) is 10.2 Å². The van der Waals surface area contributed by atoms with Gasteiger partial charge in [-0.25, -0.2) is 8.42 Å². The maximum absolute atomic E-state index is 12.5. The quantitative estimate of drug-likeness (QED) is 0.681. The van der Waals surface area contributed by atoms with Gasteiger partial charge < -0.3 is 10.1 Å². The predicted octanol–water partition coefficient (Wildman–Crippen LogP) is 2.64. The van der Waals surface area contributed by atoms with Gasteiger partial charge in [0.05, 0.1) is 28.4 Å². The summed E-state index contributed by atoms with van der Waals surface area (Å²) in [6.45, 7) is 5.89. The van der Waals surface area contributed by atoms with Crippen molar-refractivity contribution in [3.63, 3.8) is 0 Å². The van der Waals surface area contributed by atoms with Gasteiger partial charge in [0.2, 0.25) is 0 Å². The summed E-state index contributed by atoms with van der Waals surface area (Å²) in [5.74, 6) is 1.16. The molecule has 164 valence electrons. The number of ether oxygens (including phenoxy) is 1. The van der Waals surface area contributed by atoms with Gasteiger partial charge in [-0.1, -0.05) is 12.1 Å². The molecule has 2 aromatic rings. The predicted molar refractivity (Wildman–Crippen MR) is 120 cm³/mol. The van der Waals surface area contributed by atoms with Crippen LogP contribution >= 0.6 is 0 Å². The van der Waals surface area contributed by atoms with E-state index in [0.29, 0.717) is 47.9 Å². The fourth-order valence-corrected chi connectivity index (χ4v) is 5.91. The molecule has 4 rings (SSSR count). The topological polar surface area (TPSA) is 82.4 Å². The van der Waals surface area contributed by atoms with Crippen molar-refractivity contribution in [2.75, 3.05) is 32.8 Å². The number of benzene rings is 2. The summed E-state index contributed by atoms with van der Waals surface area (Å²) < 4.78 is 30.9. The first-order chi connectivity index (χ1) is 15.0. The minimum atomic E-state index is -3.24. The molecule has 31 heavy (non-hydrogen) atoms. The summed E-state index contributed by atoms with van der Waals surface area (Å²) >= 11 is 0. The molecule has 2 aromatic carbocycles. The molecule has 0 radical (unpaired) electrons. The number of hydrogen-bond acceptors (Lipinski definition) is 6. The largest absolute Gasteiger partial charge is 0.493 e. The van der Waals surface area contributed by atoms with Gasteiger partial charge in [-0.05, 0) is 61.7 Å². The summed E-state index contributed by atoms with van der Waals surface area (Å²) in [5.41, 5.74) is 1.90. The number of sulfone groups is 1. The molecule has 0 saturated carbocycles. The molecule has 1 N–H and O–H groups in total. The highest BCUT2D eigenvalue weighted by Crippen LogP contribution is 2.26. The summed E-state index contributed by atoms with van der Waals surface area (Å²) in [4.78, 5) is 2.85. The Bertz CT molecular complexity index is 1040. The minimum absolute atomic E-state index is 0.312. The van der Waals surface area contributed by atoms with E-state index in [-0.39, 0.29) is 5.25 Å². The average Bonchev–Trinajstić information content (AvgIpc) is 3.09. The molecule has 2 fully saturated rings. The third-order valence-corrected chi connectivity index (χ3v) is 8.50. The van der Waals surface area contributed by atoms with Crippen LogP contribution in [0.5, 0.6) is 5.75 Å². The fraction of sp³-hybridized carbons (Fsp3) is 0.458. The van der Waals surface area contributed by atoms with E-state index in [2.05, 4.69) is 29.3 Å². The van der Waals surface area contributed by atoms with Gasteiger partial charge in [-0.2, -0.15) is 5.26 Å². The Kier molecular flexibility index (Phi) is 6.61. The molecule has 6 nitrogen and oxygen atoms in total. The van der Waals surface area contributed by atoms with Crippen molar-refractivity contribution in [2.45, 2.75) is 36.0 Å². The SMILES string of the molecule is CC1CC(COc2ccc(S(=O)(=O)C3CNC3)cc2)CN1CCc1cccc(C#N)c1. The van der Waals surface area contributed by atoms with Crippen molar-refractivity contribution >= 4 is 9.84 Å². The van der Waals surface area contributed by atoms with Gasteiger partial charge in [0.15, 0.2) is 9.84 Å². The number of nitrogens with one attached hydrogen (secondary N) is 1. The van der Waals surface area contributed by atoms with Crippen LogP contribution in [0.25, 0.3) is 0 Å². The van der Waals surface area contributed by atoms with E-state index in [4.69, 9.17) is 10.00 Å². The second-order valence-corrected chi connectivity index (χ2v) is 10.8. The van der Waals surface area contributed by atoms with Crippen LogP contribution in [0, 0.1) is 17.2 Å². The maximum atomic E-state index is 12.5. The second-order valence-electron chi connectivity index (χ2n) is 8.62. The maximum Gasteiger partial charge on any atom is 0.183 e. The molecule has 0 aliphatic carbocycles. The highest BCUT2D eigenvalue weighted by Gasteiger charge is 2.32. The molecule has 2 atom stereocenters. The Hall–Kier alpha value is -2.40. The first kappa shape index (κ1) is 21.8. The van der Waals surface area contributed by atoms with Crippen LogP contribution < -0.4 is 10.1 Å². The lowest BCUT2D eigenvalue weighted by Gasteiger charge is -2.26. The first-order valence-corrected chi connectivity index (χ1v) is 12.4. The van der Waals surface area contributed by atoms with E-state index in [1.807, 2.05) is 18.2 Å². The van der Waals surface area contributed by atoms with Crippen molar-refractivity contribution < 1.29 is 13.2 Å². The van der Waals surface area contributed by atoms with Crippen molar-refractivity contribution in [3.05, 3.63) is 59.7 Å².